The highest BCUT2D eigenvalue weighted by atomic mass is 35.5. The Bertz CT molecular complexity index is 1150. The van der Waals surface area contributed by atoms with Gasteiger partial charge in [0.2, 0.25) is 21.8 Å². The third-order valence-corrected chi connectivity index (χ3v) is 6.78. The molecule has 2 aromatic rings. The molecule has 0 fully saturated rings. The zero-order valence-electron chi connectivity index (χ0n) is 21.4. The molecule has 0 aliphatic rings. The average molecular weight is 540 g/mol. The van der Waals surface area contributed by atoms with E-state index in [0.29, 0.717) is 12.2 Å². The molecule has 2 rings (SSSR count). The quantitative estimate of drug-likeness (QED) is 0.443. The number of hydrogen-bond donors (Lipinski definition) is 1. The summed E-state index contributed by atoms with van der Waals surface area (Å²) in [5, 5.41) is 3.13. The van der Waals surface area contributed by atoms with Gasteiger partial charge in [0.05, 0.1) is 26.2 Å². The second kappa shape index (κ2) is 12.8. The Labute approximate surface area is 218 Å². The van der Waals surface area contributed by atoms with E-state index in [9.17, 15) is 18.0 Å². The van der Waals surface area contributed by atoms with Crippen LogP contribution in [0.4, 0.5) is 5.69 Å². The van der Waals surface area contributed by atoms with Crippen molar-refractivity contribution in [2.24, 2.45) is 0 Å². The molecular formula is C25H34ClN3O6S. The summed E-state index contributed by atoms with van der Waals surface area (Å²) in [6.45, 7) is 5.01. The number of sulfonamides is 1. The first-order valence-electron chi connectivity index (χ1n) is 11.4. The Morgan fingerprint density at radius 2 is 1.69 bits per heavy atom. The smallest absolute Gasteiger partial charge is 0.244 e. The van der Waals surface area contributed by atoms with Gasteiger partial charge in [-0.1, -0.05) is 30.7 Å². The zero-order chi connectivity index (χ0) is 27.0. The fourth-order valence-electron chi connectivity index (χ4n) is 3.68. The van der Waals surface area contributed by atoms with Crippen molar-refractivity contribution in [2.45, 2.75) is 45.8 Å². The van der Waals surface area contributed by atoms with Gasteiger partial charge in [-0.05, 0) is 56.2 Å². The van der Waals surface area contributed by atoms with Crippen molar-refractivity contribution in [3.05, 3.63) is 53.1 Å². The standard InChI is InChI=1S/C25H34ClN3O6S/c1-7-21(25(31)27-17(2)3)28(15-18-8-11-20(34-4)12-9-18)24(30)16-29(36(6,32)33)22-14-19(26)10-13-23(22)35-5/h8-14,17,21H,7,15-16H2,1-6H3,(H,27,31)/t21-/m1/s1. The first-order chi connectivity index (χ1) is 16.9. The first-order valence-corrected chi connectivity index (χ1v) is 13.7. The zero-order valence-corrected chi connectivity index (χ0v) is 23.0. The van der Waals surface area contributed by atoms with Crippen LogP contribution in [-0.4, -0.2) is 64.2 Å². The molecule has 0 heterocycles. The van der Waals surface area contributed by atoms with Crippen LogP contribution in [0.1, 0.15) is 32.8 Å². The van der Waals surface area contributed by atoms with Crippen LogP contribution in [0.5, 0.6) is 11.5 Å². The third-order valence-electron chi connectivity index (χ3n) is 5.42. The molecule has 2 aromatic carbocycles. The summed E-state index contributed by atoms with van der Waals surface area (Å²) < 4.78 is 37.0. The lowest BCUT2D eigenvalue weighted by Crippen LogP contribution is -2.53. The molecule has 1 atom stereocenters. The van der Waals surface area contributed by atoms with Crippen molar-refractivity contribution in [3.8, 4) is 11.5 Å². The fraction of sp³-hybridized carbons (Fsp3) is 0.440. The van der Waals surface area contributed by atoms with E-state index in [1.165, 1.54) is 24.1 Å². The van der Waals surface area contributed by atoms with Gasteiger partial charge in [-0.3, -0.25) is 13.9 Å². The lowest BCUT2D eigenvalue weighted by Gasteiger charge is -2.33. The number of halogens is 1. The summed E-state index contributed by atoms with van der Waals surface area (Å²) in [5.41, 5.74) is 0.885. The topological polar surface area (TPSA) is 105 Å². The molecule has 0 unspecified atom stereocenters. The van der Waals surface area contributed by atoms with Crippen LogP contribution < -0.4 is 19.1 Å². The summed E-state index contributed by atoms with van der Waals surface area (Å²) >= 11 is 6.13. The van der Waals surface area contributed by atoms with Crippen LogP contribution in [0.25, 0.3) is 0 Å². The minimum absolute atomic E-state index is 0.0944. The molecule has 0 saturated carbocycles. The SMILES string of the molecule is CC[C@H](C(=O)NC(C)C)N(Cc1ccc(OC)cc1)C(=O)CN(c1cc(Cl)ccc1OC)S(C)(=O)=O. The fourth-order valence-corrected chi connectivity index (χ4v) is 4.69. The number of hydrogen-bond acceptors (Lipinski definition) is 6. The van der Waals surface area contributed by atoms with E-state index in [-0.39, 0.29) is 35.0 Å². The number of nitrogens with zero attached hydrogens (tertiary/aromatic N) is 2. The van der Waals surface area contributed by atoms with Crippen LogP contribution in [0.15, 0.2) is 42.5 Å². The van der Waals surface area contributed by atoms with E-state index in [1.807, 2.05) is 13.8 Å². The molecule has 0 aliphatic heterocycles. The molecule has 11 heteroatoms. The summed E-state index contributed by atoms with van der Waals surface area (Å²) in [7, 11) is -0.968. The number of benzene rings is 2. The molecule has 1 N–H and O–H groups in total. The molecule has 0 aromatic heterocycles. The van der Waals surface area contributed by atoms with Crippen LogP contribution in [0, 0.1) is 0 Å². The first kappa shape index (κ1) is 29.3. The Morgan fingerprint density at radius 3 is 2.19 bits per heavy atom. The second-order valence-corrected chi connectivity index (χ2v) is 10.9. The predicted molar refractivity (Wildman–Crippen MR) is 141 cm³/mol. The maximum absolute atomic E-state index is 13.7. The minimum Gasteiger partial charge on any atom is -0.497 e. The van der Waals surface area contributed by atoms with Gasteiger partial charge in [-0.15, -0.1) is 0 Å². The summed E-state index contributed by atoms with van der Waals surface area (Å²) in [6.07, 6.45) is 1.33. The molecule has 36 heavy (non-hydrogen) atoms. The second-order valence-electron chi connectivity index (χ2n) is 8.54. The monoisotopic (exact) mass is 539 g/mol. The lowest BCUT2D eigenvalue weighted by molar-refractivity contribution is -0.140. The van der Waals surface area contributed by atoms with Gasteiger partial charge < -0.3 is 19.7 Å². The van der Waals surface area contributed by atoms with E-state index in [2.05, 4.69) is 5.32 Å². The van der Waals surface area contributed by atoms with E-state index in [1.54, 1.807) is 44.4 Å². The van der Waals surface area contributed by atoms with E-state index in [4.69, 9.17) is 21.1 Å². The highest BCUT2D eigenvalue weighted by molar-refractivity contribution is 7.92. The molecule has 2 amide bonds. The number of carbonyl (C=O) groups excluding carboxylic acids is 2. The summed E-state index contributed by atoms with van der Waals surface area (Å²) in [5.74, 6) is 0.0195. The van der Waals surface area contributed by atoms with Crippen molar-refractivity contribution in [1.82, 2.24) is 10.2 Å². The minimum atomic E-state index is -3.92. The number of amides is 2. The van der Waals surface area contributed by atoms with Crippen molar-refractivity contribution < 1.29 is 27.5 Å². The number of methoxy groups -OCH3 is 2. The van der Waals surface area contributed by atoms with E-state index >= 15 is 0 Å². The van der Waals surface area contributed by atoms with Crippen LogP contribution in [0.3, 0.4) is 0 Å². The molecule has 0 radical (unpaired) electrons. The molecular weight excluding hydrogens is 506 g/mol. The molecule has 198 valence electrons. The predicted octanol–water partition coefficient (Wildman–Crippen LogP) is 3.46. The Balaban J connectivity index is 2.50. The van der Waals surface area contributed by atoms with E-state index < -0.39 is 28.5 Å². The molecule has 0 aliphatic carbocycles. The largest absolute Gasteiger partial charge is 0.497 e. The number of anilines is 1. The highest BCUT2D eigenvalue weighted by Crippen LogP contribution is 2.33. The van der Waals surface area contributed by atoms with Crippen molar-refractivity contribution >= 4 is 39.1 Å². The maximum atomic E-state index is 13.7. The number of ether oxygens (including phenoxy) is 2. The molecule has 0 saturated heterocycles. The lowest BCUT2D eigenvalue weighted by atomic mass is 10.1. The van der Waals surface area contributed by atoms with Crippen LogP contribution in [-0.2, 0) is 26.2 Å². The number of rotatable bonds is 12. The van der Waals surface area contributed by atoms with Gasteiger partial charge >= 0.3 is 0 Å². The molecule has 0 bridgehead atoms. The van der Waals surface area contributed by atoms with Gasteiger partial charge in [0.15, 0.2) is 0 Å². The van der Waals surface area contributed by atoms with Gasteiger partial charge in [0, 0.05) is 17.6 Å². The number of carbonyl (C=O) groups is 2. The maximum Gasteiger partial charge on any atom is 0.244 e. The van der Waals surface area contributed by atoms with E-state index in [0.717, 1.165) is 16.1 Å². The van der Waals surface area contributed by atoms with Crippen molar-refractivity contribution in [3.63, 3.8) is 0 Å². The van der Waals surface area contributed by atoms with Gasteiger partial charge in [-0.25, -0.2) is 8.42 Å². The van der Waals surface area contributed by atoms with Crippen molar-refractivity contribution in [2.75, 3.05) is 31.3 Å². The van der Waals surface area contributed by atoms with Crippen molar-refractivity contribution in [1.29, 1.82) is 0 Å². The highest BCUT2D eigenvalue weighted by Gasteiger charge is 2.32. The molecule has 9 nitrogen and oxygen atoms in total. The Kier molecular flexibility index (Phi) is 10.4. The van der Waals surface area contributed by atoms with Gasteiger partial charge in [0.25, 0.3) is 0 Å². The molecule has 0 spiro atoms. The Morgan fingerprint density at radius 1 is 1.06 bits per heavy atom. The normalized spacial score (nSPS) is 12.1. The third kappa shape index (κ3) is 7.76. The summed E-state index contributed by atoms with van der Waals surface area (Å²) in [6, 6.07) is 10.7. The average Bonchev–Trinajstić information content (AvgIpc) is 2.81. The van der Waals surface area contributed by atoms with Gasteiger partial charge in [-0.2, -0.15) is 0 Å². The van der Waals surface area contributed by atoms with Gasteiger partial charge in [0.1, 0.15) is 24.1 Å². The van der Waals surface area contributed by atoms with Crippen LogP contribution in [0.2, 0.25) is 5.02 Å². The summed E-state index contributed by atoms with van der Waals surface area (Å²) in [4.78, 5) is 28.1. The Hall–Kier alpha value is -2.98. The van der Waals surface area contributed by atoms with Crippen LogP contribution >= 0.6 is 11.6 Å². The number of nitrogens with one attached hydrogen (secondary N) is 1.